The SMILES string of the molecule is COc1ccc(NC(=O)c2cnc(-c3ccccc3)nc2C)cc1Cl. The van der Waals surface area contributed by atoms with Gasteiger partial charge in [-0.2, -0.15) is 0 Å². The van der Waals surface area contributed by atoms with Crippen LogP contribution in [0.25, 0.3) is 11.4 Å². The molecule has 1 heterocycles. The number of aromatic nitrogens is 2. The molecule has 0 spiro atoms. The monoisotopic (exact) mass is 353 g/mol. The Bertz CT molecular complexity index is 914. The normalized spacial score (nSPS) is 10.4. The number of halogens is 1. The zero-order valence-corrected chi connectivity index (χ0v) is 14.5. The first-order valence-corrected chi connectivity index (χ1v) is 8.00. The topological polar surface area (TPSA) is 64.1 Å². The Labute approximate surface area is 150 Å². The summed E-state index contributed by atoms with van der Waals surface area (Å²) in [6.07, 6.45) is 1.53. The zero-order valence-electron chi connectivity index (χ0n) is 13.8. The highest BCUT2D eigenvalue weighted by atomic mass is 35.5. The van der Waals surface area contributed by atoms with Gasteiger partial charge in [0.2, 0.25) is 0 Å². The first-order valence-electron chi connectivity index (χ1n) is 7.62. The molecule has 0 bridgehead atoms. The predicted molar refractivity (Wildman–Crippen MR) is 98.2 cm³/mol. The lowest BCUT2D eigenvalue weighted by atomic mass is 10.2. The van der Waals surface area contributed by atoms with Crippen LogP contribution in [0.4, 0.5) is 5.69 Å². The van der Waals surface area contributed by atoms with E-state index in [1.54, 1.807) is 25.1 Å². The van der Waals surface area contributed by atoms with Crippen LogP contribution in [0, 0.1) is 6.92 Å². The Kier molecular flexibility index (Phi) is 4.95. The Morgan fingerprint density at radius 1 is 1.16 bits per heavy atom. The van der Waals surface area contributed by atoms with Crippen LogP contribution in [0.15, 0.2) is 54.7 Å². The molecule has 0 atom stereocenters. The van der Waals surface area contributed by atoms with Crippen molar-refractivity contribution in [3.8, 4) is 17.1 Å². The number of anilines is 1. The number of amides is 1. The van der Waals surface area contributed by atoms with Crippen molar-refractivity contribution in [1.82, 2.24) is 9.97 Å². The van der Waals surface area contributed by atoms with E-state index in [0.717, 1.165) is 5.56 Å². The number of nitrogens with one attached hydrogen (secondary N) is 1. The van der Waals surface area contributed by atoms with Gasteiger partial charge in [0.1, 0.15) is 5.75 Å². The van der Waals surface area contributed by atoms with E-state index in [1.165, 1.54) is 13.3 Å². The highest BCUT2D eigenvalue weighted by Crippen LogP contribution is 2.27. The minimum absolute atomic E-state index is 0.293. The van der Waals surface area contributed by atoms with Crippen LogP contribution in [-0.4, -0.2) is 23.0 Å². The molecule has 3 rings (SSSR count). The van der Waals surface area contributed by atoms with E-state index in [9.17, 15) is 4.79 Å². The first kappa shape index (κ1) is 16.9. The second-order valence-corrected chi connectivity index (χ2v) is 5.77. The van der Waals surface area contributed by atoms with Gasteiger partial charge in [-0.1, -0.05) is 41.9 Å². The van der Waals surface area contributed by atoms with Crippen LogP contribution in [0.5, 0.6) is 5.75 Å². The molecule has 0 aliphatic heterocycles. The number of carbonyl (C=O) groups excluding carboxylic acids is 1. The Balaban J connectivity index is 1.82. The molecule has 25 heavy (non-hydrogen) atoms. The van der Waals surface area contributed by atoms with Gasteiger partial charge in [0.15, 0.2) is 5.82 Å². The number of benzene rings is 2. The molecule has 6 heteroatoms. The van der Waals surface area contributed by atoms with Gasteiger partial charge in [-0.3, -0.25) is 4.79 Å². The van der Waals surface area contributed by atoms with Crippen molar-refractivity contribution in [2.45, 2.75) is 6.92 Å². The number of ether oxygens (including phenoxy) is 1. The highest BCUT2D eigenvalue weighted by molar-refractivity contribution is 6.32. The maximum absolute atomic E-state index is 12.5. The van der Waals surface area contributed by atoms with Crippen molar-refractivity contribution >= 4 is 23.2 Å². The summed E-state index contributed by atoms with van der Waals surface area (Å²) >= 11 is 6.08. The maximum atomic E-state index is 12.5. The van der Waals surface area contributed by atoms with Gasteiger partial charge in [-0.25, -0.2) is 9.97 Å². The van der Waals surface area contributed by atoms with Gasteiger partial charge in [-0.15, -0.1) is 0 Å². The molecule has 0 unspecified atom stereocenters. The number of rotatable bonds is 4. The molecule has 1 amide bonds. The van der Waals surface area contributed by atoms with Gasteiger partial charge in [0, 0.05) is 17.4 Å². The summed E-state index contributed by atoms with van der Waals surface area (Å²) in [5, 5.41) is 3.22. The van der Waals surface area contributed by atoms with E-state index in [-0.39, 0.29) is 5.91 Å². The first-order chi connectivity index (χ1) is 12.1. The third-order valence-corrected chi connectivity index (χ3v) is 3.96. The average molecular weight is 354 g/mol. The van der Waals surface area contributed by atoms with E-state index in [4.69, 9.17) is 16.3 Å². The number of carbonyl (C=O) groups is 1. The molecule has 1 N–H and O–H groups in total. The third-order valence-electron chi connectivity index (χ3n) is 3.67. The Hall–Kier alpha value is -2.92. The molecule has 0 radical (unpaired) electrons. The molecular weight excluding hydrogens is 338 g/mol. The third kappa shape index (κ3) is 3.78. The van der Waals surface area contributed by atoms with Gasteiger partial charge in [0.05, 0.1) is 23.4 Å². The maximum Gasteiger partial charge on any atom is 0.259 e. The van der Waals surface area contributed by atoms with Gasteiger partial charge in [-0.05, 0) is 25.1 Å². The van der Waals surface area contributed by atoms with Gasteiger partial charge in [0.25, 0.3) is 5.91 Å². The van der Waals surface area contributed by atoms with E-state index in [0.29, 0.717) is 33.5 Å². The molecule has 0 saturated carbocycles. The Morgan fingerprint density at radius 3 is 2.56 bits per heavy atom. The van der Waals surface area contributed by atoms with Crippen LogP contribution in [0.2, 0.25) is 5.02 Å². The van der Waals surface area contributed by atoms with Crippen LogP contribution in [0.1, 0.15) is 16.1 Å². The fraction of sp³-hybridized carbons (Fsp3) is 0.105. The molecule has 0 saturated heterocycles. The lowest BCUT2D eigenvalue weighted by Gasteiger charge is -2.10. The quantitative estimate of drug-likeness (QED) is 0.756. The smallest absolute Gasteiger partial charge is 0.259 e. The minimum Gasteiger partial charge on any atom is -0.495 e. The molecule has 0 aliphatic carbocycles. The summed E-state index contributed by atoms with van der Waals surface area (Å²) in [4.78, 5) is 21.2. The zero-order chi connectivity index (χ0) is 17.8. The molecule has 0 aliphatic rings. The summed E-state index contributed by atoms with van der Waals surface area (Å²) < 4.78 is 5.10. The van der Waals surface area contributed by atoms with Crippen molar-refractivity contribution in [1.29, 1.82) is 0 Å². The van der Waals surface area contributed by atoms with Gasteiger partial charge < -0.3 is 10.1 Å². The molecule has 126 valence electrons. The lowest BCUT2D eigenvalue weighted by molar-refractivity contribution is 0.102. The van der Waals surface area contributed by atoms with E-state index in [2.05, 4.69) is 15.3 Å². The highest BCUT2D eigenvalue weighted by Gasteiger charge is 2.13. The molecule has 5 nitrogen and oxygen atoms in total. The second-order valence-electron chi connectivity index (χ2n) is 5.36. The number of methoxy groups -OCH3 is 1. The van der Waals surface area contributed by atoms with E-state index < -0.39 is 0 Å². The van der Waals surface area contributed by atoms with E-state index in [1.807, 2.05) is 30.3 Å². The summed E-state index contributed by atoms with van der Waals surface area (Å²) in [6, 6.07) is 14.7. The van der Waals surface area contributed by atoms with Crippen molar-refractivity contribution in [2.75, 3.05) is 12.4 Å². The largest absolute Gasteiger partial charge is 0.495 e. The van der Waals surface area contributed by atoms with Gasteiger partial charge >= 0.3 is 0 Å². The average Bonchev–Trinajstić information content (AvgIpc) is 2.62. The summed E-state index contributed by atoms with van der Waals surface area (Å²) in [6.45, 7) is 1.78. The van der Waals surface area contributed by atoms with Crippen molar-refractivity contribution in [3.63, 3.8) is 0 Å². The van der Waals surface area contributed by atoms with Crippen molar-refractivity contribution < 1.29 is 9.53 Å². The predicted octanol–water partition coefficient (Wildman–Crippen LogP) is 4.37. The van der Waals surface area contributed by atoms with E-state index >= 15 is 0 Å². The molecular formula is C19H16ClN3O2. The fourth-order valence-corrected chi connectivity index (χ4v) is 2.62. The second kappa shape index (κ2) is 7.32. The summed E-state index contributed by atoms with van der Waals surface area (Å²) in [5.41, 5.74) is 2.49. The standard InChI is InChI=1S/C19H16ClN3O2/c1-12-15(11-21-18(22-12)13-6-4-3-5-7-13)19(24)23-14-8-9-17(25-2)16(20)10-14/h3-11H,1-2H3,(H,23,24). The van der Waals surface area contributed by atoms with Crippen molar-refractivity contribution in [3.05, 3.63) is 71.0 Å². The molecule has 3 aromatic rings. The number of nitrogens with zero attached hydrogens (tertiary/aromatic N) is 2. The molecule has 2 aromatic carbocycles. The lowest BCUT2D eigenvalue weighted by Crippen LogP contribution is -2.15. The number of aryl methyl sites for hydroxylation is 1. The Morgan fingerprint density at radius 2 is 1.92 bits per heavy atom. The minimum atomic E-state index is -0.293. The molecule has 0 fully saturated rings. The van der Waals surface area contributed by atoms with Crippen LogP contribution >= 0.6 is 11.6 Å². The summed E-state index contributed by atoms with van der Waals surface area (Å²) in [5.74, 6) is 0.840. The summed E-state index contributed by atoms with van der Waals surface area (Å²) in [7, 11) is 1.54. The van der Waals surface area contributed by atoms with Crippen LogP contribution in [-0.2, 0) is 0 Å². The van der Waals surface area contributed by atoms with Crippen LogP contribution < -0.4 is 10.1 Å². The van der Waals surface area contributed by atoms with Crippen LogP contribution in [0.3, 0.4) is 0 Å². The number of hydrogen-bond donors (Lipinski definition) is 1. The fourth-order valence-electron chi connectivity index (χ4n) is 2.36. The molecule has 1 aromatic heterocycles. The van der Waals surface area contributed by atoms with Crippen molar-refractivity contribution in [2.24, 2.45) is 0 Å². The number of hydrogen-bond acceptors (Lipinski definition) is 4.